The Hall–Kier alpha value is -1.17. The van der Waals surface area contributed by atoms with Gasteiger partial charge in [0.05, 0.1) is 23.4 Å². The molecular formula is C14H15BrFNO2. The Labute approximate surface area is 119 Å². The van der Waals surface area contributed by atoms with Gasteiger partial charge < -0.3 is 14.8 Å². The molecule has 0 aliphatic carbocycles. The largest absolute Gasteiger partial charge is 0.466 e. The Morgan fingerprint density at radius 1 is 1.42 bits per heavy atom. The highest BCUT2D eigenvalue weighted by molar-refractivity contribution is 9.10. The van der Waals surface area contributed by atoms with E-state index in [2.05, 4.69) is 21.2 Å². The lowest BCUT2D eigenvalue weighted by atomic mass is 10.1. The maximum Gasteiger partial charge on any atom is 0.134 e. The first-order valence-electron chi connectivity index (χ1n) is 5.96. The van der Waals surface area contributed by atoms with E-state index < -0.39 is 0 Å². The summed E-state index contributed by atoms with van der Waals surface area (Å²) in [5, 5.41) is 12.3. The van der Waals surface area contributed by atoms with Crippen molar-refractivity contribution in [2.45, 2.75) is 26.1 Å². The van der Waals surface area contributed by atoms with Crippen LogP contribution in [0.4, 0.5) is 4.39 Å². The Kier molecular flexibility index (Phi) is 4.74. The molecule has 0 aliphatic heterocycles. The molecule has 0 spiro atoms. The Balaban J connectivity index is 2.01. The predicted molar refractivity (Wildman–Crippen MR) is 74.0 cm³/mol. The summed E-state index contributed by atoms with van der Waals surface area (Å²) in [6.45, 7) is 2.26. The molecule has 1 unspecified atom stereocenters. The van der Waals surface area contributed by atoms with Crippen LogP contribution in [0.1, 0.15) is 29.9 Å². The minimum absolute atomic E-state index is 0.0343. The molecule has 1 atom stereocenters. The average molecular weight is 328 g/mol. The van der Waals surface area contributed by atoms with Crippen LogP contribution in [-0.2, 0) is 13.2 Å². The fourth-order valence-corrected chi connectivity index (χ4v) is 2.38. The third-order valence-electron chi connectivity index (χ3n) is 2.93. The molecule has 0 saturated carbocycles. The first-order valence-corrected chi connectivity index (χ1v) is 6.75. The molecule has 1 heterocycles. The number of furan rings is 1. The maximum atomic E-state index is 13.2. The predicted octanol–water partition coefficient (Wildman–Crippen LogP) is 3.52. The number of aliphatic hydroxyl groups excluding tert-OH is 1. The van der Waals surface area contributed by atoms with Crippen molar-refractivity contribution in [3.05, 3.63) is 57.7 Å². The number of hydrogen-bond donors (Lipinski definition) is 2. The first kappa shape index (κ1) is 14.2. The standard InChI is InChI=1S/C14H15BrFNO2/c1-9(14-12(15)4-5-19-14)17-7-10-2-3-13(16)11(6-10)8-18/h2-6,9,17-18H,7-8H2,1H3. The summed E-state index contributed by atoms with van der Waals surface area (Å²) in [5.74, 6) is 0.442. The zero-order valence-corrected chi connectivity index (χ0v) is 12.1. The van der Waals surface area contributed by atoms with Crippen molar-refractivity contribution in [2.75, 3.05) is 0 Å². The summed E-state index contributed by atoms with van der Waals surface area (Å²) in [6, 6.07) is 6.61. The van der Waals surface area contributed by atoms with E-state index in [1.54, 1.807) is 18.4 Å². The lowest BCUT2D eigenvalue weighted by molar-refractivity contribution is 0.275. The van der Waals surface area contributed by atoms with Gasteiger partial charge in [-0.05, 0) is 46.6 Å². The molecule has 0 amide bonds. The first-order chi connectivity index (χ1) is 9.11. The molecule has 0 aliphatic rings. The third-order valence-corrected chi connectivity index (χ3v) is 3.59. The Bertz CT molecular complexity index is 556. The van der Waals surface area contributed by atoms with E-state index in [0.717, 1.165) is 15.8 Å². The van der Waals surface area contributed by atoms with Crippen LogP contribution in [-0.4, -0.2) is 5.11 Å². The van der Waals surface area contributed by atoms with Gasteiger partial charge in [-0.1, -0.05) is 6.07 Å². The van der Waals surface area contributed by atoms with Crippen LogP contribution in [0.25, 0.3) is 0 Å². The van der Waals surface area contributed by atoms with E-state index >= 15 is 0 Å². The average Bonchev–Trinajstić information content (AvgIpc) is 2.83. The van der Waals surface area contributed by atoms with E-state index in [4.69, 9.17) is 9.52 Å². The van der Waals surface area contributed by atoms with Crippen molar-refractivity contribution in [1.82, 2.24) is 5.32 Å². The fourth-order valence-electron chi connectivity index (χ4n) is 1.84. The maximum absolute atomic E-state index is 13.2. The second-order valence-electron chi connectivity index (χ2n) is 4.32. The molecule has 5 heteroatoms. The van der Waals surface area contributed by atoms with Gasteiger partial charge in [0.1, 0.15) is 11.6 Å². The summed E-state index contributed by atoms with van der Waals surface area (Å²) < 4.78 is 19.5. The molecule has 1 aromatic carbocycles. The molecule has 19 heavy (non-hydrogen) atoms. The molecule has 0 bridgehead atoms. The molecular weight excluding hydrogens is 313 g/mol. The van der Waals surface area contributed by atoms with Crippen molar-refractivity contribution in [3.63, 3.8) is 0 Å². The lowest BCUT2D eigenvalue weighted by Gasteiger charge is -2.12. The highest BCUT2D eigenvalue weighted by Gasteiger charge is 2.12. The summed E-state index contributed by atoms with van der Waals surface area (Å²) in [5.41, 5.74) is 1.23. The lowest BCUT2D eigenvalue weighted by Crippen LogP contribution is -2.18. The smallest absolute Gasteiger partial charge is 0.134 e. The van der Waals surface area contributed by atoms with Crippen molar-refractivity contribution in [3.8, 4) is 0 Å². The van der Waals surface area contributed by atoms with Crippen LogP contribution < -0.4 is 5.32 Å². The summed E-state index contributed by atoms with van der Waals surface area (Å²) in [6.07, 6.45) is 1.62. The van der Waals surface area contributed by atoms with Gasteiger partial charge in [0.25, 0.3) is 0 Å². The second kappa shape index (κ2) is 6.32. The van der Waals surface area contributed by atoms with Crippen LogP contribution in [0.15, 0.2) is 39.4 Å². The van der Waals surface area contributed by atoms with Crippen molar-refractivity contribution in [2.24, 2.45) is 0 Å². The minimum atomic E-state index is -0.381. The van der Waals surface area contributed by atoms with Crippen LogP contribution in [0.2, 0.25) is 0 Å². The number of benzene rings is 1. The molecule has 2 aromatic rings. The Morgan fingerprint density at radius 2 is 2.21 bits per heavy atom. The van der Waals surface area contributed by atoms with E-state index in [1.165, 1.54) is 6.07 Å². The highest BCUT2D eigenvalue weighted by atomic mass is 79.9. The van der Waals surface area contributed by atoms with E-state index in [1.807, 2.05) is 13.0 Å². The second-order valence-corrected chi connectivity index (χ2v) is 5.17. The van der Waals surface area contributed by atoms with Crippen LogP contribution in [0.3, 0.4) is 0 Å². The highest BCUT2D eigenvalue weighted by Crippen LogP contribution is 2.24. The molecule has 3 nitrogen and oxygen atoms in total. The summed E-state index contributed by atoms with van der Waals surface area (Å²) in [4.78, 5) is 0. The molecule has 0 fully saturated rings. The van der Waals surface area contributed by atoms with Crippen molar-refractivity contribution >= 4 is 15.9 Å². The summed E-state index contributed by atoms with van der Waals surface area (Å²) >= 11 is 3.41. The van der Waals surface area contributed by atoms with Gasteiger partial charge in [-0.15, -0.1) is 0 Å². The number of aliphatic hydroxyl groups is 1. The van der Waals surface area contributed by atoms with E-state index in [-0.39, 0.29) is 18.5 Å². The van der Waals surface area contributed by atoms with Gasteiger partial charge in [0.15, 0.2) is 0 Å². The van der Waals surface area contributed by atoms with Crippen molar-refractivity contribution in [1.29, 1.82) is 0 Å². The number of hydrogen-bond acceptors (Lipinski definition) is 3. The zero-order chi connectivity index (χ0) is 13.8. The van der Waals surface area contributed by atoms with Gasteiger partial charge in [-0.25, -0.2) is 4.39 Å². The summed E-state index contributed by atoms with van der Waals surface area (Å²) in [7, 11) is 0. The molecule has 0 radical (unpaired) electrons. The zero-order valence-electron chi connectivity index (χ0n) is 10.5. The molecule has 0 saturated heterocycles. The van der Waals surface area contributed by atoms with Gasteiger partial charge >= 0.3 is 0 Å². The van der Waals surface area contributed by atoms with Gasteiger partial charge in [-0.2, -0.15) is 0 Å². The van der Waals surface area contributed by atoms with E-state index in [9.17, 15) is 4.39 Å². The van der Waals surface area contributed by atoms with Gasteiger partial charge in [0, 0.05) is 12.1 Å². The van der Waals surface area contributed by atoms with Crippen molar-refractivity contribution < 1.29 is 13.9 Å². The normalized spacial score (nSPS) is 12.6. The van der Waals surface area contributed by atoms with E-state index in [0.29, 0.717) is 12.1 Å². The van der Waals surface area contributed by atoms with Crippen LogP contribution in [0, 0.1) is 5.82 Å². The Morgan fingerprint density at radius 3 is 2.84 bits per heavy atom. The van der Waals surface area contributed by atoms with Crippen LogP contribution in [0.5, 0.6) is 0 Å². The van der Waals surface area contributed by atoms with Crippen LogP contribution >= 0.6 is 15.9 Å². The molecule has 102 valence electrons. The van der Waals surface area contributed by atoms with Gasteiger partial charge in [-0.3, -0.25) is 0 Å². The number of rotatable bonds is 5. The molecule has 1 aromatic heterocycles. The molecule has 2 rings (SSSR count). The SMILES string of the molecule is CC(NCc1ccc(F)c(CO)c1)c1occc1Br. The quantitative estimate of drug-likeness (QED) is 0.883. The topological polar surface area (TPSA) is 45.4 Å². The minimum Gasteiger partial charge on any atom is -0.466 e. The number of nitrogens with one attached hydrogen (secondary N) is 1. The molecule has 2 N–H and O–H groups in total. The fraction of sp³-hybridized carbons (Fsp3) is 0.286. The van der Waals surface area contributed by atoms with Gasteiger partial charge in [0.2, 0.25) is 0 Å². The third kappa shape index (κ3) is 3.43. The number of halogens is 2. The monoisotopic (exact) mass is 327 g/mol.